The van der Waals surface area contributed by atoms with Crippen LogP contribution in [0.4, 0.5) is 0 Å². The van der Waals surface area contributed by atoms with Crippen LogP contribution in [0.25, 0.3) is 0 Å². The largest absolute Gasteiger partial charge is 0.459 e. The fraction of sp³-hybridized carbons (Fsp3) is 0.350. The molecule has 1 amide bonds. The molecule has 0 saturated carbocycles. The van der Waals surface area contributed by atoms with E-state index in [9.17, 15) is 13.2 Å². The van der Waals surface area contributed by atoms with E-state index in [1.165, 1.54) is 24.5 Å². The summed E-state index contributed by atoms with van der Waals surface area (Å²) in [5.41, 5.74) is 0.324. The standard InChI is InChI=1S/C20H23N3O5S/c1-14(2)19-22-17(28-23-19)9-6-11-21-20(24)18-15(10-12-27-18)13-29(25,26)16-7-4-3-5-8-16/h3-5,7-8,10,12,14H,6,9,11,13H2,1-2H3,(H,21,24). The number of nitrogens with zero attached hydrogens (tertiary/aromatic N) is 2. The summed E-state index contributed by atoms with van der Waals surface area (Å²) in [7, 11) is -3.57. The van der Waals surface area contributed by atoms with Crippen LogP contribution < -0.4 is 5.32 Å². The first kappa shape index (κ1) is 20.8. The molecule has 2 heterocycles. The minimum Gasteiger partial charge on any atom is -0.459 e. The van der Waals surface area contributed by atoms with Gasteiger partial charge in [-0.3, -0.25) is 4.79 Å². The molecule has 0 bridgehead atoms. The molecule has 0 aliphatic heterocycles. The number of carbonyl (C=O) groups is 1. The number of amides is 1. The van der Waals surface area contributed by atoms with Gasteiger partial charge in [-0.15, -0.1) is 0 Å². The highest BCUT2D eigenvalue weighted by atomic mass is 32.2. The van der Waals surface area contributed by atoms with Crippen molar-refractivity contribution in [3.8, 4) is 0 Å². The summed E-state index contributed by atoms with van der Waals surface area (Å²) in [6.07, 6.45) is 2.45. The van der Waals surface area contributed by atoms with Crippen LogP contribution in [0, 0.1) is 0 Å². The van der Waals surface area contributed by atoms with E-state index in [4.69, 9.17) is 8.94 Å². The minimum atomic E-state index is -3.57. The summed E-state index contributed by atoms with van der Waals surface area (Å²) < 4.78 is 35.5. The predicted octanol–water partition coefficient (Wildman–Crippen LogP) is 3.12. The second kappa shape index (κ2) is 9.04. The van der Waals surface area contributed by atoms with E-state index in [1.54, 1.807) is 18.2 Å². The number of hydrogen-bond donors (Lipinski definition) is 1. The number of aryl methyl sites for hydroxylation is 1. The van der Waals surface area contributed by atoms with Crippen molar-refractivity contribution in [2.75, 3.05) is 6.54 Å². The molecule has 0 aliphatic carbocycles. The summed E-state index contributed by atoms with van der Waals surface area (Å²) >= 11 is 0. The first-order valence-electron chi connectivity index (χ1n) is 9.31. The molecule has 0 fully saturated rings. The lowest BCUT2D eigenvalue weighted by atomic mass is 10.2. The van der Waals surface area contributed by atoms with Crippen LogP contribution in [0.2, 0.25) is 0 Å². The molecule has 3 aromatic rings. The summed E-state index contributed by atoms with van der Waals surface area (Å²) in [6.45, 7) is 4.32. The lowest BCUT2D eigenvalue weighted by molar-refractivity contribution is 0.0924. The number of sulfone groups is 1. The molecule has 2 aromatic heterocycles. The first-order chi connectivity index (χ1) is 13.9. The summed E-state index contributed by atoms with van der Waals surface area (Å²) in [5.74, 6) is 0.609. The predicted molar refractivity (Wildman–Crippen MR) is 105 cm³/mol. The molecule has 0 aliphatic rings. The molecule has 0 saturated heterocycles. The number of benzene rings is 1. The molecule has 9 heteroatoms. The van der Waals surface area contributed by atoms with Gasteiger partial charge in [0.2, 0.25) is 5.89 Å². The quantitative estimate of drug-likeness (QED) is 0.532. The molecule has 0 radical (unpaired) electrons. The molecule has 154 valence electrons. The average Bonchev–Trinajstić information content (AvgIpc) is 3.35. The Morgan fingerprint density at radius 3 is 2.62 bits per heavy atom. The highest BCUT2D eigenvalue weighted by Gasteiger charge is 2.22. The lowest BCUT2D eigenvalue weighted by Gasteiger charge is -2.06. The smallest absolute Gasteiger partial charge is 0.287 e. The Balaban J connectivity index is 1.55. The van der Waals surface area contributed by atoms with Gasteiger partial charge < -0.3 is 14.3 Å². The van der Waals surface area contributed by atoms with E-state index < -0.39 is 15.7 Å². The number of rotatable bonds is 9. The van der Waals surface area contributed by atoms with Gasteiger partial charge in [0.1, 0.15) is 0 Å². The van der Waals surface area contributed by atoms with Crippen LogP contribution in [0.15, 0.2) is 56.5 Å². The second-order valence-corrected chi connectivity index (χ2v) is 8.90. The van der Waals surface area contributed by atoms with Gasteiger partial charge in [-0.05, 0) is 24.6 Å². The van der Waals surface area contributed by atoms with Crippen molar-refractivity contribution in [1.82, 2.24) is 15.5 Å². The fourth-order valence-electron chi connectivity index (χ4n) is 2.69. The summed E-state index contributed by atoms with van der Waals surface area (Å²) in [4.78, 5) is 16.9. The van der Waals surface area contributed by atoms with Gasteiger partial charge in [0.05, 0.1) is 16.9 Å². The van der Waals surface area contributed by atoms with E-state index >= 15 is 0 Å². The van der Waals surface area contributed by atoms with Crippen molar-refractivity contribution in [2.24, 2.45) is 0 Å². The average molecular weight is 417 g/mol. The van der Waals surface area contributed by atoms with Crippen molar-refractivity contribution in [2.45, 2.75) is 43.3 Å². The maximum atomic E-state index is 12.5. The van der Waals surface area contributed by atoms with Crippen LogP contribution in [0.5, 0.6) is 0 Å². The fourth-order valence-corrected chi connectivity index (χ4v) is 4.07. The number of carbonyl (C=O) groups excluding carboxylic acids is 1. The third-order valence-corrected chi connectivity index (χ3v) is 5.94. The van der Waals surface area contributed by atoms with Gasteiger partial charge in [-0.25, -0.2) is 8.42 Å². The lowest BCUT2D eigenvalue weighted by Crippen LogP contribution is -2.25. The Bertz CT molecular complexity index is 1050. The Morgan fingerprint density at radius 2 is 1.93 bits per heavy atom. The third kappa shape index (κ3) is 5.32. The SMILES string of the molecule is CC(C)c1noc(CCCNC(=O)c2occc2CS(=O)(=O)c2ccccc2)n1. The van der Waals surface area contributed by atoms with Crippen LogP contribution in [-0.2, 0) is 22.0 Å². The van der Waals surface area contributed by atoms with E-state index in [0.717, 1.165) is 0 Å². The van der Waals surface area contributed by atoms with Gasteiger partial charge in [-0.1, -0.05) is 37.2 Å². The second-order valence-electron chi connectivity index (χ2n) is 6.91. The van der Waals surface area contributed by atoms with Crippen molar-refractivity contribution in [3.05, 3.63) is 65.7 Å². The van der Waals surface area contributed by atoms with Crippen molar-refractivity contribution in [1.29, 1.82) is 0 Å². The Hall–Kier alpha value is -2.94. The highest BCUT2D eigenvalue weighted by molar-refractivity contribution is 7.90. The Kier molecular flexibility index (Phi) is 6.48. The topological polar surface area (TPSA) is 115 Å². The molecule has 8 nitrogen and oxygen atoms in total. The molecule has 1 N–H and O–H groups in total. The summed E-state index contributed by atoms with van der Waals surface area (Å²) in [6, 6.07) is 9.61. The van der Waals surface area contributed by atoms with Crippen molar-refractivity contribution >= 4 is 15.7 Å². The zero-order valence-electron chi connectivity index (χ0n) is 16.3. The third-order valence-electron chi connectivity index (χ3n) is 4.25. The van der Waals surface area contributed by atoms with Gasteiger partial charge in [0, 0.05) is 24.4 Å². The van der Waals surface area contributed by atoms with Crippen LogP contribution in [0.3, 0.4) is 0 Å². The summed E-state index contributed by atoms with van der Waals surface area (Å²) in [5, 5.41) is 6.63. The van der Waals surface area contributed by atoms with Crippen molar-refractivity contribution in [3.63, 3.8) is 0 Å². The zero-order chi connectivity index (χ0) is 20.9. The van der Waals surface area contributed by atoms with Crippen LogP contribution >= 0.6 is 0 Å². The Labute approximate surface area is 169 Å². The molecule has 1 aromatic carbocycles. The van der Waals surface area contributed by atoms with Crippen LogP contribution in [0.1, 0.15) is 54.0 Å². The minimum absolute atomic E-state index is 0.00407. The number of aromatic nitrogens is 2. The molecular weight excluding hydrogens is 394 g/mol. The zero-order valence-corrected chi connectivity index (χ0v) is 17.1. The maximum absolute atomic E-state index is 12.5. The van der Waals surface area contributed by atoms with E-state index in [2.05, 4.69) is 15.5 Å². The monoisotopic (exact) mass is 417 g/mol. The maximum Gasteiger partial charge on any atom is 0.287 e. The van der Waals surface area contributed by atoms with Crippen molar-refractivity contribution < 1.29 is 22.2 Å². The Morgan fingerprint density at radius 1 is 1.17 bits per heavy atom. The van der Waals surface area contributed by atoms with Gasteiger partial charge in [0.25, 0.3) is 5.91 Å². The molecule has 0 unspecified atom stereocenters. The van der Waals surface area contributed by atoms with E-state index in [-0.39, 0.29) is 22.3 Å². The first-order valence-corrected chi connectivity index (χ1v) is 11.0. The molecule has 29 heavy (non-hydrogen) atoms. The van der Waals surface area contributed by atoms with E-state index in [0.29, 0.717) is 36.7 Å². The number of hydrogen-bond acceptors (Lipinski definition) is 7. The molecule has 0 atom stereocenters. The van der Waals surface area contributed by atoms with E-state index in [1.807, 2.05) is 13.8 Å². The number of nitrogens with one attached hydrogen (secondary N) is 1. The van der Waals surface area contributed by atoms with Gasteiger partial charge in [0.15, 0.2) is 21.4 Å². The molecule has 3 rings (SSSR count). The van der Waals surface area contributed by atoms with Crippen LogP contribution in [-0.4, -0.2) is 31.0 Å². The van der Waals surface area contributed by atoms with Gasteiger partial charge in [-0.2, -0.15) is 4.98 Å². The van der Waals surface area contributed by atoms with Gasteiger partial charge >= 0.3 is 0 Å². The normalized spacial score (nSPS) is 11.7. The number of furan rings is 1. The molecular formula is C20H23N3O5S. The molecule has 0 spiro atoms. The highest BCUT2D eigenvalue weighted by Crippen LogP contribution is 2.20.